The Kier molecular flexibility index (Phi) is 3.14. The first-order valence-corrected chi connectivity index (χ1v) is 5.70. The van der Waals surface area contributed by atoms with Crippen LogP contribution in [0.25, 0.3) is 0 Å². The van der Waals surface area contributed by atoms with Gasteiger partial charge in [-0.2, -0.15) is 0 Å². The molecule has 0 aliphatic carbocycles. The van der Waals surface area contributed by atoms with Gasteiger partial charge in [-0.1, -0.05) is 30.3 Å². The van der Waals surface area contributed by atoms with Gasteiger partial charge in [-0.25, -0.2) is 8.42 Å². The molecule has 14 heavy (non-hydrogen) atoms. The van der Waals surface area contributed by atoms with Gasteiger partial charge in [0.15, 0.2) is 9.84 Å². The fourth-order valence-corrected chi connectivity index (χ4v) is 2.21. The van der Waals surface area contributed by atoms with Crippen molar-refractivity contribution in [2.75, 3.05) is 0 Å². The van der Waals surface area contributed by atoms with Crippen molar-refractivity contribution in [3.63, 3.8) is 0 Å². The summed E-state index contributed by atoms with van der Waals surface area (Å²) in [6, 6.07) is 8.85. The van der Waals surface area contributed by atoms with E-state index in [0.717, 1.165) is 5.41 Å². The fourth-order valence-electron chi connectivity index (χ4n) is 1.06. The molecule has 0 aliphatic rings. The van der Waals surface area contributed by atoms with Crippen LogP contribution in [0, 0.1) is 0 Å². The molecule has 0 amide bonds. The maximum Gasteiger partial charge on any atom is 0.179 e. The van der Waals surface area contributed by atoms with Gasteiger partial charge in [-0.3, -0.25) is 0 Å². The summed E-state index contributed by atoms with van der Waals surface area (Å²) in [5, 5.41) is 0.875. The van der Waals surface area contributed by atoms with Crippen LogP contribution in [0.2, 0.25) is 0 Å². The maximum absolute atomic E-state index is 11.4. The molecule has 5 heteroatoms. The molecule has 0 radical (unpaired) electrons. The van der Waals surface area contributed by atoms with E-state index < -0.39 is 9.84 Å². The molecular formula is C9H12N2O2S. The van der Waals surface area contributed by atoms with Gasteiger partial charge in [0.1, 0.15) is 5.82 Å². The van der Waals surface area contributed by atoms with E-state index in [1.807, 2.05) is 6.07 Å². The van der Waals surface area contributed by atoms with Gasteiger partial charge in [0.25, 0.3) is 0 Å². The second-order valence-electron chi connectivity index (χ2n) is 2.91. The Labute approximate surface area is 83.1 Å². The van der Waals surface area contributed by atoms with Crippen LogP contribution >= 0.6 is 0 Å². The van der Waals surface area contributed by atoms with Gasteiger partial charge in [-0.15, -0.1) is 0 Å². The fraction of sp³-hybridized carbons (Fsp3) is 0.111. The molecule has 1 rings (SSSR count). The molecule has 1 aromatic rings. The highest BCUT2D eigenvalue weighted by molar-refractivity contribution is 7.93. The first-order chi connectivity index (χ1) is 6.49. The lowest BCUT2D eigenvalue weighted by atomic mass is 10.2. The lowest BCUT2D eigenvalue weighted by Gasteiger charge is -1.99. The van der Waals surface area contributed by atoms with Crippen molar-refractivity contribution in [3.8, 4) is 0 Å². The highest BCUT2D eigenvalue weighted by Crippen LogP contribution is 2.06. The van der Waals surface area contributed by atoms with Crippen LogP contribution in [0.4, 0.5) is 0 Å². The third kappa shape index (κ3) is 3.49. The Bertz CT molecular complexity index is 419. The van der Waals surface area contributed by atoms with E-state index in [1.165, 1.54) is 0 Å². The van der Waals surface area contributed by atoms with Crippen molar-refractivity contribution in [3.05, 3.63) is 47.1 Å². The summed E-state index contributed by atoms with van der Waals surface area (Å²) in [7, 11) is -3.35. The van der Waals surface area contributed by atoms with E-state index >= 15 is 0 Å². The molecule has 0 heterocycles. The zero-order chi connectivity index (χ0) is 10.6. The third-order valence-electron chi connectivity index (χ3n) is 1.53. The maximum atomic E-state index is 11.4. The van der Waals surface area contributed by atoms with Crippen LogP contribution in [0.15, 0.2) is 41.6 Å². The molecule has 0 unspecified atom stereocenters. The molecule has 0 saturated heterocycles. The monoisotopic (exact) mass is 212 g/mol. The summed E-state index contributed by atoms with van der Waals surface area (Å²) in [6.07, 6.45) is 0. The summed E-state index contributed by atoms with van der Waals surface area (Å²) in [6.45, 7) is 0. The number of hydrogen-bond acceptors (Lipinski definition) is 4. The van der Waals surface area contributed by atoms with Gasteiger partial charge in [-0.05, 0) is 5.56 Å². The Hall–Kier alpha value is -1.49. The highest BCUT2D eigenvalue weighted by atomic mass is 32.2. The number of rotatable bonds is 3. The molecule has 4 N–H and O–H groups in total. The molecule has 0 aliphatic heterocycles. The molecule has 0 bridgehead atoms. The van der Waals surface area contributed by atoms with Crippen LogP contribution in [0.3, 0.4) is 0 Å². The minimum Gasteiger partial charge on any atom is -0.385 e. The number of nitrogens with two attached hydrogens (primary N) is 2. The van der Waals surface area contributed by atoms with E-state index in [1.54, 1.807) is 24.3 Å². The number of benzene rings is 1. The summed E-state index contributed by atoms with van der Waals surface area (Å²) in [5.41, 5.74) is 10.9. The Balaban J connectivity index is 2.85. The SMILES string of the molecule is NC(N)=CS(=O)(=O)Cc1ccccc1. The lowest BCUT2D eigenvalue weighted by Crippen LogP contribution is -2.12. The molecular weight excluding hydrogens is 200 g/mol. The van der Waals surface area contributed by atoms with Gasteiger partial charge in [0.05, 0.1) is 11.2 Å². The highest BCUT2D eigenvalue weighted by Gasteiger charge is 2.08. The lowest BCUT2D eigenvalue weighted by molar-refractivity contribution is 0.603. The van der Waals surface area contributed by atoms with E-state index in [2.05, 4.69) is 0 Å². The first kappa shape index (κ1) is 10.6. The third-order valence-corrected chi connectivity index (χ3v) is 2.89. The molecule has 4 nitrogen and oxygen atoms in total. The van der Waals surface area contributed by atoms with Crippen molar-refractivity contribution >= 4 is 9.84 Å². The van der Waals surface area contributed by atoms with Crippen LogP contribution in [0.5, 0.6) is 0 Å². The summed E-state index contributed by atoms with van der Waals surface area (Å²) < 4.78 is 22.7. The number of sulfone groups is 1. The van der Waals surface area contributed by atoms with E-state index in [4.69, 9.17) is 11.5 Å². The summed E-state index contributed by atoms with van der Waals surface area (Å²) in [4.78, 5) is 0. The Morgan fingerprint density at radius 3 is 2.29 bits per heavy atom. The molecule has 0 atom stereocenters. The predicted octanol–water partition coefficient (Wildman–Crippen LogP) is 0.318. The van der Waals surface area contributed by atoms with Gasteiger partial charge in [0, 0.05) is 0 Å². The van der Waals surface area contributed by atoms with Crippen LogP contribution < -0.4 is 11.5 Å². The second kappa shape index (κ2) is 4.15. The van der Waals surface area contributed by atoms with Crippen LogP contribution in [0.1, 0.15) is 5.56 Å². The normalized spacial score (nSPS) is 10.9. The topological polar surface area (TPSA) is 86.2 Å². The first-order valence-electron chi connectivity index (χ1n) is 3.99. The summed E-state index contributed by atoms with van der Waals surface area (Å²) >= 11 is 0. The van der Waals surface area contributed by atoms with Crippen molar-refractivity contribution in [1.82, 2.24) is 0 Å². The van der Waals surface area contributed by atoms with Crippen molar-refractivity contribution in [1.29, 1.82) is 0 Å². The van der Waals surface area contributed by atoms with Gasteiger partial charge >= 0.3 is 0 Å². The molecule has 0 aromatic heterocycles. The smallest absolute Gasteiger partial charge is 0.179 e. The van der Waals surface area contributed by atoms with Gasteiger partial charge < -0.3 is 11.5 Å². The number of hydrogen-bond donors (Lipinski definition) is 2. The Morgan fingerprint density at radius 2 is 1.79 bits per heavy atom. The minimum atomic E-state index is -3.35. The predicted molar refractivity (Wildman–Crippen MR) is 55.5 cm³/mol. The van der Waals surface area contributed by atoms with E-state index in [9.17, 15) is 8.42 Å². The standard InChI is InChI=1S/C9H12N2O2S/c10-9(11)7-14(12,13)6-8-4-2-1-3-5-8/h1-5,7H,6,10-11H2. The molecule has 1 aromatic carbocycles. The Morgan fingerprint density at radius 1 is 1.21 bits per heavy atom. The van der Waals surface area contributed by atoms with E-state index in [-0.39, 0.29) is 11.6 Å². The van der Waals surface area contributed by atoms with Crippen LogP contribution in [-0.2, 0) is 15.6 Å². The molecule has 0 saturated carbocycles. The van der Waals surface area contributed by atoms with Crippen molar-refractivity contribution < 1.29 is 8.42 Å². The largest absolute Gasteiger partial charge is 0.385 e. The molecule has 0 fully saturated rings. The van der Waals surface area contributed by atoms with Crippen molar-refractivity contribution in [2.45, 2.75) is 5.75 Å². The second-order valence-corrected chi connectivity index (χ2v) is 4.76. The average Bonchev–Trinajstić information content (AvgIpc) is 2.02. The van der Waals surface area contributed by atoms with Gasteiger partial charge in [0.2, 0.25) is 0 Å². The van der Waals surface area contributed by atoms with E-state index in [0.29, 0.717) is 5.56 Å². The quantitative estimate of drug-likeness (QED) is 0.755. The van der Waals surface area contributed by atoms with Crippen LogP contribution in [-0.4, -0.2) is 8.42 Å². The zero-order valence-electron chi connectivity index (χ0n) is 7.55. The average molecular weight is 212 g/mol. The summed E-state index contributed by atoms with van der Waals surface area (Å²) in [5.74, 6) is -0.271. The minimum absolute atomic E-state index is 0.0776. The zero-order valence-corrected chi connectivity index (χ0v) is 8.37. The molecule has 0 spiro atoms. The molecule has 76 valence electrons. The van der Waals surface area contributed by atoms with Crippen molar-refractivity contribution in [2.24, 2.45) is 11.5 Å².